The molecule has 8 nitrogen and oxygen atoms in total. The Hall–Kier alpha value is -3.56. The quantitative estimate of drug-likeness (QED) is 0.610. The molecular weight excluding hydrogens is 416 g/mol. The van der Waals surface area contributed by atoms with E-state index in [9.17, 15) is 13.6 Å². The van der Waals surface area contributed by atoms with Gasteiger partial charge in [0.1, 0.15) is 23.4 Å². The fraction of sp³-hybridized carbons (Fsp3) is 0.364. The van der Waals surface area contributed by atoms with Crippen LogP contribution in [-0.4, -0.2) is 38.7 Å². The van der Waals surface area contributed by atoms with Gasteiger partial charge in [-0.2, -0.15) is 10.1 Å². The first-order valence-corrected chi connectivity index (χ1v) is 10.3. The molecule has 3 aromatic rings. The van der Waals surface area contributed by atoms with E-state index >= 15 is 0 Å². The third kappa shape index (κ3) is 4.25. The topological polar surface area (TPSA) is 88.0 Å². The molecule has 2 N–H and O–H groups in total. The summed E-state index contributed by atoms with van der Waals surface area (Å²) in [4.78, 5) is 23.4. The summed E-state index contributed by atoms with van der Waals surface area (Å²) in [6.07, 6.45) is 3.40. The standard InChI is InChI=1S/C22H25F2N7O/c1-12(2)19-21(32)28-18-13(3)27-22(29-20(18)30(19)4)25-8-14-9-26-31(10-14)11-15-7-16(23)5-6-17(15)24/h5-7,9-10,12,19H,8,11H2,1-4H3,(H,28,32)(H,25,27,29). The van der Waals surface area contributed by atoms with Crippen molar-refractivity contribution in [2.75, 3.05) is 22.6 Å². The van der Waals surface area contributed by atoms with Crippen LogP contribution in [0.25, 0.3) is 0 Å². The first kappa shape index (κ1) is 21.7. The highest BCUT2D eigenvalue weighted by Crippen LogP contribution is 2.34. The van der Waals surface area contributed by atoms with Gasteiger partial charge in [-0.1, -0.05) is 13.8 Å². The number of rotatable bonds is 6. The van der Waals surface area contributed by atoms with Crippen molar-refractivity contribution in [3.63, 3.8) is 0 Å². The molecule has 3 heterocycles. The highest BCUT2D eigenvalue weighted by atomic mass is 19.1. The second-order valence-electron chi connectivity index (χ2n) is 8.26. The molecule has 1 atom stereocenters. The van der Waals surface area contributed by atoms with E-state index < -0.39 is 11.6 Å². The molecular formula is C22H25F2N7O. The molecule has 0 fully saturated rings. The zero-order valence-corrected chi connectivity index (χ0v) is 18.4. The van der Waals surface area contributed by atoms with Gasteiger partial charge in [0.15, 0.2) is 5.82 Å². The van der Waals surface area contributed by atoms with E-state index in [0.717, 1.165) is 17.7 Å². The number of hydrogen-bond donors (Lipinski definition) is 2. The summed E-state index contributed by atoms with van der Waals surface area (Å²) < 4.78 is 28.8. The highest BCUT2D eigenvalue weighted by Gasteiger charge is 2.35. The molecule has 1 aromatic carbocycles. The van der Waals surface area contributed by atoms with Crippen molar-refractivity contribution in [1.29, 1.82) is 0 Å². The largest absolute Gasteiger partial charge is 0.350 e. The number of aryl methyl sites for hydroxylation is 1. The summed E-state index contributed by atoms with van der Waals surface area (Å²) in [5, 5.41) is 10.3. The summed E-state index contributed by atoms with van der Waals surface area (Å²) in [6.45, 7) is 6.33. The van der Waals surface area contributed by atoms with Crippen LogP contribution in [-0.2, 0) is 17.9 Å². The fourth-order valence-corrected chi connectivity index (χ4v) is 3.90. The molecule has 1 amide bonds. The zero-order valence-electron chi connectivity index (χ0n) is 18.4. The Morgan fingerprint density at radius 3 is 2.78 bits per heavy atom. The van der Waals surface area contributed by atoms with Crippen molar-refractivity contribution in [2.45, 2.75) is 39.9 Å². The number of nitrogens with zero attached hydrogens (tertiary/aromatic N) is 5. The summed E-state index contributed by atoms with van der Waals surface area (Å²) in [5.41, 5.74) is 2.34. The Balaban J connectivity index is 1.48. The molecule has 0 aliphatic carbocycles. The average molecular weight is 441 g/mol. The summed E-state index contributed by atoms with van der Waals surface area (Å²) in [7, 11) is 1.86. The molecule has 1 aliphatic rings. The zero-order chi connectivity index (χ0) is 23.0. The lowest BCUT2D eigenvalue weighted by Gasteiger charge is -2.36. The van der Waals surface area contributed by atoms with Crippen LogP contribution in [0, 0.1) is 24.5 Å². The van der Waals surface area contributed by atoms with E-state index in [0.29, 0.717) is 29.7 Å². The molecule has 0 saturated heterocycles. The van der Waals surface area contributed by atoms with Gasteiger partial charge in [-0.15, -0.1) is 0 Å². The highest BCUT2D eigenvalue weighted by molar-refractivity contribution is 6.03. The van der Waals surface area contributed by atoms with Crippen LogP contribution >= 0.6 is 0 Å². The predicted molar refractivity (Wildman–Crippen MR) is 117 cm³/mol. The van der Waals surface area contributed by atoms with Crippen molar-refractivity contribution in [2.24, 2.45) is 5.92 Å². The maximum Gasteiger partial charge on any atom is 0.247 e. The minimum Gasteiger partial charge on any atom is -0.350 e. The number of halogens is 2. The smallest absolute Gasteiger partial charge is 0.247 e. The minimum atomic E-state index is -0.490. The second kappa shape index (κ2) is 8.52. The first-order chi connectivity index (χ1) is 15.2. The van der Waals surface area contributed by atoms with Crippen molar-refractivity contribution in [3.8, 4) is 0 Å². The number of hydrogen-bond acceptors (Lipinski definition) is 6. The second-order valence-corrected chi connectivity index (χ2v) is 8.26. The Kier molecular flexibility index (Phi) is 5.77. The molecule has 1 unspecified atom stereocenters. The van der Waals surface area contributed by atoms with Gasteiger partial charge in [0.2, 0.25) is 11.9 Å². The van der Waals surface area contributed by atoms with Crippen molar-refractivity contribution < 1.29 is 13.6 Å². The van der Waals surface area contributed by atoms with Gasteiger partial charge in [-0.05, 0) is 31.0 Å². The van der Waals surface area contributed by atoms with Crippen molar-refractivity contribution in [3.05, 3.63) is 59.0 Å². The number of aromatic nitrogens is 4. The Bertz CT molecular complexity index is 1160. The van der Waals surface area contributed by atoms with Crippen LogP contribution in [0.3, 0.4) is 0 Å². The molecule has 0 saturated carbocycles. The van der Waals surface area contributed by atoms with Gasteiger partial charge < -0.3 is 15.5 Å². The predicted octanol–water partition coefficient (Wildman–Crippen LogP) is 3.33. The number of amides is 1. The number of carbonyl (C=O) groups excluding carboxylic acids is 1. The lowest BCUT2D eigenvalue weighted by molar-refractivity contribution is -0.118. The number of benzene rings is 1. The van der Waals surface area contributed by atoms with E-state index in [2.05, 4.69) is 25.7 Å². The summed E-state index contributed by atoms with van der Waals surface area (Å²) in [5.74, 6) is 0.177. The molecule has 32 heavy (non-hydrogen) atoms. The van der Waals surface area contributed by atoms with Crippen LogP contribution in [0.1, 0.15) is 30.7 Å². The van der Waals surface area contributed by atoms with Gasteiger partial charge in [0.05, 0.1) is 18.4 Å². The van der Waals surface area contributed by atoms with E-state index in [4.69, 9.17) is 0 Å². The lowest BCUT2D eigenvalue weighted by atomic mass is 9.99. The van der Waals surface area contributed by atoms with Gasteiger partial charge in [-0.3, -0.25) is 9.48 Å². The SMILES string of the molecule is Cc1nc(NCc2cnn(Cc3cc(F)ccc3F)c2)nc2c1NC(=O)C(C(C)C)N2C. The summed E-state index contributed by atoms with van der Waals surface area (Å²) in [6, 6.07) is 3.05. The van der Waals surface area contributed by atoms with Crippen LogP contribution in [0.15, 0.2) is 30.6 Å². The van der Waals surface area contributed by atoms with E-state index in [1.807, 2.05) is 32.7 Å². The monoisotopic (exact) mass is 441 g/mol. The molecule has 0 bridgehead atoms. The minimum absolute atomic E-state index is 0.0652. The molecule has 0 radical (unpaired) electrons. The Morgan fingerprint density at radius 1 is 1.25 bits per heavy atom. The molecule has 10 heteroatoms. The summed E-state index contributed by atoms with van der Waals surface area (Å²) >= 11 is 0. The maximum absolute atomic E-state index is 13.9. The van der Waals surface area contributed by atoms with Gasteiger partial charge in [-0.25, -0.2) is 13.8 Å². The molecule has 2 aromatic heterocycles. The number of carbonyl (C=O) groups is 1. The van der Waals surface area contributed by atoms with Gasteiger partial charge in [0.25, 0.3) is 0 Å². The van der Waals surface area contributed by atoms with Crippen LogP contribution in [0.5, 0.6) is 0 Å². The lowest BCUT2D eigenvalue weighted by Crippen LogP contribution is -2.49. The molecule has 168 valence electrons. The Morgan fingerprint density at radius 2 is 2.03 bits per heavy atom. The van der Waals surface area contributed by atoms with Crippen LogP contribution < -0.4 is 15.5 Å². The first-order valence-electron chi connectivity index (χ1n) is 10.3. The van der Waals surface area contributed by atoms with Crippen LogP contribution in [0.4, 0.5) is 26.2 Å². The van der Waals surface area contributed by atoms with E-state index in [1.165, 1.54) is 6.07 Å². The fourth-order valence-electron chi connectivity index (χ4n) is 3.90. The van der Waals surface area contributed by atoms with Gasteiger partial charge >= 0.3 is 0 Å². The molecule has 1 aliphatic heterocycles. The Labute approximate surface area is 184 Å². The van der Waals surface area contributed by atoms with E-state index in [-0.39, 0.29) is 30.0 Å². The normalized spacial score (nSPS) is 15.7. The number of nitrogens with one attached hydrogen (secondary N) is 2. The molecule has 4 rings (SSSR count). The number of anilines is 3. The van der Waals surface area contributed by atoms with Crippen molar-refractivity contribution >= 4 is 23.4 Å². The number of likely N-dealkylation sites (N-methyl/N-ethyl adjacent to an activating group) is 1. The third-order valence-electron chi connectivity index (χ3n) is 5.45. The van der Waals surface area contributed by atoms with Crippen molar-refractivity contribution in [1.82, 2.24) is 19.7 Å². The molecule has 0 spiro atoms. The maximum atomic E-state index is 13.9. The average Bonchev–Trinajstić information content (AvgIpc) is 3.17. The number of fused-ring (bicyclic) bond motifs is 1. The van der Waals surface area contributed by atoms with E-state index in [1.54, 1.807) is 17.1 Å². The van der Waals surface area contributed by atoms with Gasteiger partial charge in [0, 0.05) is 30.9 Å². The third-order valence-corrected chi connectivity index (χ3v) is 5.45. The van der Waals surface area contributed by atoms with Crippen LogP contribution in [0.2, 0.25) is 0 Å².